The number of hydrogen-bond acceptors (Lipinski definition) is 3. The number of urea groups is 1. The van der Waals surface area contributed by atoms with Crippen molar-refractivity contribution < 1.29 is 9.59 Å². The average Bonchev–Trinajstić information content (AvgIpc) is 2.60. The van der Waals surface area contributed by atoms with Crippen LogP contribution < -0.4 is 16.0 Å². The number of nitrogens with zero attached hydrogens (tertiary/aromatic N) is 1. The first-order valence-corrected chi connectivity index (χ1v) is 9.78. The molecule has 0 radical (unpaired) electrons. The molecule has 3 aliphatic rings. The third kappa shape index (κ3) is 5.10. The van der Waals surface area contributed by atoms with Gasteiger partial charge in [-0.2, -0.15) is 0 Å². The lowest BCUT2D eigenvalue weighted by Crippen LogP contribution is -2.55. The van der Waals surface area contributed by atoms with Gasteiger partial charge in [-0.15, -0.1) is 0 Å². The zero-order valence-electron chi connectivity index (χ0n) is 14.7. The summed E-state index contributed by atoms with van der Waals surface area (Å²) in [7, 11) is 0. The molecular formula is C18H32N4O2. The number of hydrogen-bond donors (Lipinski definition) is 3. The molecule has 3 N–H and O–H groups in total. The highest BCUT2D eigenvalue weighted by molar-refractivity contribution is 5.87. The molecule has 3 rings (SSSR count). The summed E-state index contributed by atoms with van der Waals surface area (Å²) in [5.74, 6) is 0.829. The Bertz CT molecular complexity index is 429. The van der Waals surface area contributed by atoms with Crippen LogP contribution in [0.5, 0.6) is 0 Å². The molecule has 1 saturated carbocycles. The van der Waals surface area contributed by atoms with E-state index < -0.39 is 0 Å². The van der Waals surface area contributed by atoms with Crippen molar-refractivity contribution in [3.8, 4) is 0 Å². The zero-order chi connectivity index (χ0) is 16.8. The summed E-state index contributed by atoms with van der Waals surface area (Å²) in [6, 6.07) is -0.327. The van der Waals surface area contributed by atoms with E-state index in [9.17, 15) is 9.59 Å². The van der Waals surface area contributed by atoms with Gasteiger partial charge in [-0.05, 0) is 44.4 Å². The van der Waals surface area contributed by atoms with Gasteiger partial charge in [0.25, 0.3) is 0 Å². The van der Waals surface area contributed by atoms with E-state index in [1.807, 2.05) is 0 Å². The van der Waals surface area contributed by atoms with Crippen molar-refractivity contribution in [2.45, 2.75) is 69.9 Å². The minimum absolute atomic E-state index is 0.0568. The second-order valence-corrected chi connectivity index (χ2v) is 7.68. The lowest BCUT2D eigenvalue weighted by atomic mass is 9.88. The van der Waals surface area contributed by atoms with E-state index in [2.05, 4.69) is 20.9 Å². The Morgan fingerprint density at radius 1 is 1.00 bits per heavy atom. The number of likely N-dealkylation sites (tertiary alicyclic amines) is 1. The first-order chi connectivity index (χ1) is 11.7. The van der Waals surface area contributed by atoms with E-state index in [0.29, 0.717) is 0 Å². The van der Waals surface area contributed by atoms with Gasteiger partial charge in [0.05, 0.1) is 0 Å². The van der Waals surface area contributed by atoms with Gasteiger partial charge in [-0.3, -0.25) is 4.79 Å². The number of amides is 3. The fourth-order valence-corrected chi connectivity index (χ4v) is 4.29. The maximum atomic E-state index is 12.1. The molecule has 0 aromatic heterocycles. The molecule has 3 amide bonds. The highest BCUT2D eigenvalue weighted by Gasteiger charge is 2.26. The average molecular weight is 336 g/mol. The highest BCUT2D eigenvalue weighted by Crippen LogP contribution is 2.25. The summed E-state index contributed by atoms with van der Waals surface area (Å²) in [6.07, 6.45) is 10.7. The van der Waals surface area contributed by atoms with Gasteiger partial charge in [0.1, 0.15) is 6.04 Å². The molecule has 0 aromatic carbocycles. The van der Waals surface area contributed by atoms with Crippen molar-refractivity contribution in [1.29, 1.82) is 0 Å². The first-order valence-electron chi connectivity index (χ1n) is 9.78. The smallest absolute Gasteiger partial charge is 0.315 e. The predicted molar refractivity (Wildman–Crippen MR) is 93.7 cm³/mol. The fourth-order valence-electron chi connectivity index (χ4n) is 4.29. The van der Waals surface area contributed by atoms with E-state index in [1.54, 1.807) is 0 Å². The Morgan fingerprint density at radius 2 is 1.75 bits per heavy atom. The Morgan fingerprint density at radius 3 is 2.46 bits per heavy atom. The van der Waals surface area contributed by atoms with Crippen molar-refractivity contribution in [2.75, 3.05) is 26.2 Å². The van der Waals surface area contributed by atoms with E-state index in [1.165, 1.54) is 38.6 Å². The Labute approximate surface area is 145 Å². The Hall–Kier alpha value is -1.30. The Kier molecular flexibility index (Phi) is 6.35. The number of carbonyl (C=O) groups excluding carboxylic acids is 2. The monoisotopic (exact) mass is 336 g/mol. The molecule has 6 nitrogen and oxygen atoms in total. The van der Waals surface area contributed by atoms with Gasteiger partial charge >= 0.3 is 6.03 Å². The molecular weight excluding hydrogens is 304 g/mol. The van der Waals surface area contributed by atoms with Crippen LogP contribution in [0, 0.1) is 5.92 Å². The van der Waals surface area contributed by atoms with Crippen LogP contribution in [0.15, 0.2) is 0 Å². The number of carbonyl (C=O) groups is 2. The minimum Gasteiger partial charge on any atom is -0.354 e. The Balaban J connectivity index is 1.34. The van der Waals surface area contributed by atoms with Crippen LogP contribution in [-0.2, 0) is 4.79 Å². The predicted octanol–water partition coefficient (Wildman–Crippen LogP) is 1.61. The lowest BCUT2D eigenvalue weighted by molar-refractivity contribution is -0.124. The zero-order valence-corrected chi connectivity index (χ0v) is 14.7. The summed E-state index contributed by atoms with van der Waals surface area (Å²) < 4.78 is 0. The quantitative estimate of drug-likeness (QED) is 0.730. The van der Waals surface area contributed by atoms with Gasteiger partial charge in [-0.1, -0.05) is 19.3 Å². The third-order valence-electron chi connectivity index (χ3n) is 5.75. The molecule has 2 saturated heterocycles. The molecule has 1 aliphatic carbocycles. The van der Waals surface area contributed by atoms with E-state index in [4.69, 9.17) is 0 Å². The second-order valence-electron chi connectivity index (χ2n) is 7.68. The minimum atomic E-state index is -0.370. The molecule has 0 unspecified atom stereocenters. The standard InChI is InChI=1S/C18H32N4O2/c23-17-16(7-4-10-19-17)21-18(24)20-15-8-11-22(12-9-15)13-14-5-2-1-3-6-14/h14-16H,1-13H2,(H,19,23)(H2,20,21,24)/t16-/m1/s1. The highest BCUT2D eigenvalue weighted by atomic mass is 16.2. The van der Waals surface area contributed by atoms with Gasteiger partial charge < -0.3 is 20.9 Å². The van der Waals surface area contributed by atoms with Gasteiger partial charge in [0.15, 0.2) is 0 Å². The van der Waals surface area contributed by atoms with Crippen molar-refractivity contribution in [2.24, 2.45) is 5.92 Å². The molecule has 136 valence electrons. The van der Waals surface area contributed by atoms with Crippen molar-refractivity contribution in [3.63, 3.8) is 0 Å². The van der Waals surface area contributed by atoms with E-state index >= 15 is 0 Å². The summed E-state index contributed by atoms with van der Waals surface area (Å²) in [6.45, 7) is 4.11. The van der Waals surface area contributed by atoms with Crippen molar-refractivity contribution in [1.82, 2.24) is 20.9 Å². The van der Waals surface area contributed by atoms with Crippen LogP contribution in [0.4, 0.5) is 4.79 Å². The lowest BCUT2D eigenvalue weighted by Gasteiger charge is -2.35. The van der Waals surface area contributed by atoms with Crippen molar-refractivity contribution >= 4 is 11.9 Å². The first kappa shape index (κ1) is 17.5. The van der Waals surface area contributed by atoms with Gasteiger partial charge in [0, 0.05) is 32.2 Å². The molecule has 0 spiro atoms. The number of nitrogens with one attached hydrogen (secondary N) is 3. The van der Waals surface area contributed by atoms with Crippen LogP contribution in [0.1, 0.15) is 57.8 Å². The fraction of sp³-hybridized carbons (Fsp3) is 0.889. The molecule has 24 heavy (non-hydrogen) atoms. The maximum Gasteiger partial charge on any atom is 0.315 e. The topological polar surface area (TPSA) is 73.5 Å². The second kappa shape index (κ2) is 8.70. The molecule has 0 aromatic rings. The van der Waals surface area contributed by atoms with Crippen LogP contribution in [-0.4, -0.2) is 55.1 Å². The van der Waals surface area contributed by atoms with E-state index in [0.717, 1.165) is 51.2 Å². The van der Waals surface area contributed by atoms with Gasteiger partial charge in [-0.25, -0.2) is 4.79 Å². The molecule has 3 fully saturated rings. The van der Waals surface area contributed by atoms with Crippen LogP contribution in [0.25, 0.3) is 0 Å². The SMILES string of the molecule is O=C(NC1CCN(CC2CCCCC2)CC1)N[C@@H]1CCCNC1=O. The number of rotatable bonds is 4. The van der Waals surface area contributed by atoms with Gasteiger partial charge in [0.2, 0.25) is 5.91 Å². The molecule has 6 heteroatoms. The molecule has 0 bridgehead atoms. The molecule has 2 heterocycles. The van der Waals surface area contributed by atoms with E-state index in [-0.39, 0.29) is 24.0 Å². The summed E-state index contributed by atoms with van der Waals surface area (Å²) in [5.41, 5.74) is 0. The summed E-state index contributed by atoms with van der Waals surface area (Å²) in [4.78, 5) is 26.4. The maximum absolute atomic E-state index is 12.1. The summed E-state index contributed by atoms with van der Waals surface area (Å²) >= 11 is 0. The molecule has 2 aliphatic heterocycles. The normalized spacial score (nSPS) is 27.5. The van der Waals surface area contributed by atoms with Crippen LogP contribution in [0.2, 0.25) is 0 Å². The summed E-state index contributed by atoms with van der Waals surface area (Å²) in [5, 5.41) is 8.67. The third-order valence-corrected chi connectivity index (χ3v) is 5.75. The molecule has 1 atom stereocenters. The van der Waals surface area contributed by atoms with Crippen LogP contribution >= 0.6 is 0 Å². The van der Waals surface area contributed by atoms with Crippen molar-refractivity contribution in [3.05, 3.63) is 0 Å². The van der Waals surface area contributed by atoms with Crippen LogP contribution in [0.3, 0.4) is 0 Å². The number of piperidine rings is 2. The largest absolute Gasteiger partial charge is 0.354 e.